The second-order valence-electron chi connectivity index (χ2n) is 4.29. The van der Waals surface area contributed by atoms with Crippen molar-refractivity contribution >= 4 is 0 Å². The van der Waals surface area contributed by atoms with E-state index in [0.717, 1.165) is 23.7 Å². The molecular weight excluding hydrogens is 184 g/mol. The molecule has 0 saturated carbocycles. The summed E-state index contributed by atoms with van der Waals surface area (Å²) in [6.45, 7) is 6.57. The van der Waals surface area contributed by atoms with Crippen molar-refractivity contribution in [3.63, 3.8) is 0 Å². The van der Waals surface area contributed by atoms with Crippen LogP contribution < -0.4 is 5.32 Å². The van der Waals surface area contributed by atoms with E-state index in [9.17, 15) is 0 Å². The molecule has 1 aromatic rings. The molecular formula is C13H22N2. The van der Waals surface area contributed by atoms with Crippen molar-refractivity contribution in [2.24, 2.45) is 5.92 Å². The molecule has 0 saturated heterocycles. The van der Waals surface area contributed by atoms with Gasteiger partial charge in [-0.3, -0.25) is 4.98 Å². The van der Waals surface area contributed by atoms with Gasteiger partial charge in [0, 0.05) is 11.7 Å². The van der Waals surface area contributed by atoms with Gasteiger partial charge in [0.05, 0.1) is 5.69 Å². The summed E-state index contributed by atoms with van der Waals surface area (Å²) < 4.78 is 0. The molecule has 0 aromatic carbocycles. The first-order valence-corrected chi connectivity index (χ1v) is 5.78. The fourth-order valence-corrected chi connectivity index (χ4v) is 1.71. The Morgan fingerprint density at radius 1 is 1.40 bits per heavy atom. The van der Waals surface area contributed by atoms with Gasteiger partial charge in [-0.1, -0.05) is 26.3 Å². The molecule has 0 bridgehead atoms. The minimum Gasteiger partial charge on any atom is -0.312 e. The molecule has 2 nitrogen and oxygen atoms in total. The van der Waals surface area contributed by atoms with Crippen LogP contribution in [0, 0.1) is 12.8 Å². The van der Waals surface area contributed by atoms with E-state index in [1.54, 1.807) is 0 Å². The zero-order valence-corrected chi connectivity index (χ0v) is 10.2. The van der Waals surface area contributed by atoms with E-state index in [2.05, 4.69) is 36.3 Å². The summed E-state index contributed by atoms with van der Waals surface area (Å²) in [7, 11) is 2.01. The number of rotatable bonds is 5. The number of aryl methyl sites for hydroxylation is 1. The fraction of sp³-hybridized carbons (Fsp3) is 0.615. The summed E-state index contributed by atoms with van der Waals surface area (Å²) in [4.78, 5) is 4.57. The maximum absolute atomic E-state index is 4.57. The Balaban J connectivity index is 2.73. The largest absolute Gasteiger partial charge is 0.312 e. The third-order valence-electron chi connectivity index (χ3n) is 2.95. The highest BCUT2D eigenvalue weighted by Crippen LogP contribution is 2.21. The molecule has 0 aliphatic heterocycles. The molecule has 1 rings (SSSR count). The van der Waals surface area contributed by atoms with Gasteiger partial charge in [0.25, 0.3) is 0 Å². The molecule has 2 unspecified atom stereocenters. The van der Waals surface area contributed by atoms with Gasteiger partial charge in [-0.15, -0.1) is 0 Å². The Bertz CT molecular complexity index is 296. The Morgan fingerprint density at radius 3 is 2.67 bits per heavy atom. The summed E-state index contributed by atoms with van der Waals surface area (Å²) >= 11 is 0. The smallest absolute Gasteiger partial charge is 0.0576 e. The van der Waals surface area contributed by atoms with Crippen LogP contribution in [0.1, 0.15) is 44.1 Å². The van der Waals surface area contributed by atoms with Gasteiger partial charge in [-0.2, -0.15) is 0 Å². The van der Waals surface area contributed by atoms with Crippen molar-refractivity contribution in [3.8, 4) is 0 Å². The van der Waals surface area contributed by atoms with Crippen LogP contribution in [0.4, 0.5) is 0 Å². The van der Waals surface area contributed by atoms with Gasteiger partial charge >= 0.3 is 0 Å². The average Bonchev–Trinajstić information content (AvgIpc) is 2.25. The summed E-state index contributed by atoms with van der Waals surface area (Å²) in [6.07, 6.45) is 2.38. The van der Waals surface area contributed by atoms with Crippen LogP contribution in [-0.2, 0) is 0 Å². The van der Waals surface area contributed by atoms with Crippen LogP contribution in [0.2, 0.25) is 0 Å². The van der Waals surface area contributed by atoms with Crippen molar-refractivity contribution in [2.45, 2.75) is 39.7 Å². The lowest BCUT2D eigenvalue weighted by atomic mass is 9.97. The molecule has 0 spiro atoms. The van der Waals surface area contributed by atoms with E-state index in [-0.39, 0.29) is 0 Å². The normalized spacial score (nSPS) is 14.9. The van der Waals surface area contributed by atoms with E-state index in [1.165, 1.54) is 6.42 Å². The predicted molar refractivity (Wildman–Crippen MR) is 64.8 cm³/mol. The maximum Gasteiger partial charge on any atom is 0.0576 e. The number of nitrogens with zero attached hydrogens (tertiary/aromatic N) is 1. The van der Waals surface area contributed by atoms with Crippen LogP contribution in [0.5, 0.6) is 0 Å². The Labute approximate surface area is 93.1 Å². The number of aromatic nitrogens is 1. The number of pyridine rings is 1. The Hall–Kier alpha value is -0.890. The molecule has 1 aromatic heterocycles. The summed E-state index contributed by atoms with van der Waals surface area (Å²) in [5.41, 5.74) is 2.26. The first-order chi connectivity index (χ1) is 7.17. The quantitative estimate of drug-likeness (QED) is 0.800. The molecule has 0 amide bonds. The molecule has 15 heavy (non-hydrogen) atoms. The minimum absolute atomic E-state index is 0.389. The zero-order valence-electron chi connectivity index (χ0n) is 10.2. The molecule has 0 aliphatic carbocycles. The van der Waals surface area contributed by atoms with Crippen molar-refractivity contribution in [3.05, 3.63) is 29.6 Å². The van der Waals surface area contributed by atoms with E-state index >= 15 is 0 Å². The van der Waals surface area contributed by atoms with E-state index < -0.39 is 0 Å². The van der Waals surface area contributed by atoms with Crippen LogP contribution >= 0.6 is 0 Å². The number of hydrogen-bond acceptors (Lipinski definition) is 2. The molecule has 0 radical (unpaired) electrons. The number of hydrogen-bond donors (Lipinski definition) is 1. The maximum atomic E-state index is 4.57. The molecule has 1 N–H and O–H groups in total. The van der Waals surface area contributed by atoms with Crippen LogP contribution in [0.25, 0.3) is 0 Å². The highest BCUT2D eigenvalue weighted by Gasteiger charge is 2.13. The summed E-state index contributed by atoms with van der Waals surface area (Å²) in [5.74, 6) is 0.741. The van der Waals surface area contributed by atoms with Crippen molar-refractivity contribution in [2.75, 3.05) is 7.05 Å². The third-order valence-corrected chi connectivity index (χ3v) is 2.95. The van der Waals surface area contributed by atoms with E-state index in [4.69, 9.17) is 0 Å². The second kappa shape index (κ2) is 5.86. The zero-order chi connectivity index (χ0) is 11.3. The van der Waals surface area contributed by atoms with Gasteiger partial charge in [0.2, 0.25) is 0 Å². The first-order valence-electron chi connectivity index (χ1n) is 5.78. The van der Waals surface area contributed by atoms with Crippen LogP contribution in [0.15, 0.2) is 18.2 Å². The van der Waals surface area contributed by atoms with Crippen molar-refractivity contribution in [1.82, 2.24) is 10.3 Å². The van der Waals surface area contributed by atoms with Gasteiger partial charge in [0.1, 0.15) is 0 Å². The van der Waals surface area contributed by atoms with E-state index in [0.29, 0.717) is 6.04 Å². The molecule has 0 aliphatic rings. The van der Waals surface area contributed by atoms with Gasteiger partial charge in [0.15, 0.2) is 0 Å². The third kappa shape index (κ3) is 3.63. The van der Waals surface area contributed by atoms with Gasteiger partial charge < -0.3 is 5.32 Å². The first kappa shape index (κ1) is 12.2. The molecule has 0 fully saturated rings. The lowest BCUT2D eigenvalue weighted by Gasteiger charge is -2.19. The van der Waals surface area contributed by atoms with Crippen LogP contribution in [0.3, 0.4) is 0 Å². The SMILES string of the molecule is CCC(C)CC(NC)c1cccc(C)n1. The summed E-state index contributed by atoms with van der Waals surface area (Å²) in [5, 5.41) is 3.35. The monoisotopic (exact) mass is 206 g/mol. The standard InChI is InChI=1S/C13H22N2/c1-5-10(2)9-13(14-4)12-8-6-7-11(3)15-12/h6-8,10,13-14H,5,9H2,1-4H3. The molecule has 2 atom stereocenters. The lowest BCUT2D eigenvalue weighted by Crippen LogP contribution is -2.20. The molecule has 84 valence electrons. The minimum atomic E-state index is 0.389. The van der Waals surface area contributed by atoms with Gasteiger partial charge in [-0.25, -0.2) is 0 Å². The predicted octanol–water partition coefficient (Wildman–Crippen LogP) is 3.09. The fourth-order valence-electron chi connectivity index (χ4n) is 1.71. The number of nitrogens with one attached hydrogen (secondary N) is 1. The Morgan fingerprint density at radius 2 is 2.13 bits per heavy atom. The van der Waals surface area contributed by atoms with Crippen molar-refractivity contribution in [1.29, 1.82) is 0 Å². The topological polar surface area (TPSA) is 24.9 Å². The average molecular weight is 206 g/mol. The molecule has 1 heterocycles. The summed E-state index contributed by atoms with van der Waals surface area (Å²) in [6, 6.07) is 6.62. The highest BCUT2D eigenvalue weighted by molar-refractivity contribution is 5.13. The van der Waals surface area contributed by atoms with Gasteiger partial charge in [-0.05, 0) is 38.4 Å². The highest BCUT2D eigenvalue weighted by atomic mass is 14.9. The Kier molecular flexibility index (Phi) is 4.76. The molecule has 2 heteroatoms. The van der Waals surface area contributed by atoms with E-state index in [1.807, 2.05) is 20.0 Å². The second-order valence-corrected chi connectivity index (χ2v) is 4.29. The van der Waals surface area contributed by atoms with Crippen LogP contribution in [-0.4, -0.2) is 12.0 Å². The lowest BCUT2D eigenvalue weighted by molar-refractivity contribution is 0.415. The van der Waals surface area contributed by atoms with Crippen molar-refractivity contribution < 1.29 is 0 Å².